The first-order valence-corrected chi connectivity index (χ1v) is 12.7. The first-order valence-electron chi connectivity index (χ1n) is 9.75. The van der Waals surface area contributed by atoms with E-state index in [1.807, 2.05) is 4.98 Å². The minimum Gasteiger partial charge on any atom is -0.479 e. The number of aliphatic hydroxyl groups is 5. The van der Waals surface area contributed by atoms with Gasteiger partial charge in [-0.25, -0.2) is 18.7 Å². The molecule has 0 aliphatic carbocycles. The molecule has 0 spiro atoms. The van der Waals surface area contributed by atoms with E-state index in [-0.39, 0.29) is 0 Å². The highest BCUT2D eigenvalue weighted by molar-refractivity contribution is 7.61. The lowest BCUT2D eigenvalue weighted by Gasteiger charge is -2.27. The molecule has 1 unspecified atom stereocenters. The van der Waals surface area contributed by atoms with Crippen LogP contribution in [0.1, 0.15) is 6.23 Å². The highest BCUT2D eigenvalue weighted by Crippen LogP contribution is 2.62. The summed E-state index contributed by atoms with van der Waals surface area (Å²) in [5.41, 5.74) is -1.86. The van der Waals surface area contributed by atoms with Crippen molar-refractivity contribution in [1.29, 1.82) is 0 Å². The normalized spacial score (nSPS) is 27.1. The van der Waals surface area contributed by atoms with E-state index in [4.69, 9.17) is 19.6 Å². The fourth-order valence-electron chi connectivity index (χ4n) is 2.94. The average Bonchev–Trinajstić information content (AvgIpc) is 3.07. The van der Waals surface area contributed by atoms with Gasteiger partial charge in [0, 0.05) is 12.3 Å². The lowest BCUT2D eigenvalue weighted by atomic mass is 10.0. The maximum absolute atomic E-state index is 12.8. The number of nitrogens with one attached hydrogen (secondary N) is 1. The lowest BCUT2D eigenvalue weighted by Crippen LogP contribution is -2.48. The van der Waals surface area contributed by atoms with Crippen molar-refractivity contribution in [2.75, 3.05) is 6.61 Å². The second-order valence-electron chi connectivity index (χ2n) is 7.35. The average molecular weight is 582 g/mol. The molecule has 1 aromatic rings. The number of hydrogen-bond acceptors (Lipinski definition) is 15. The molecule has 9 atom stereocenters. The number of carbonyl (C=O) groups is 2. The van der Waals surface area contributed by atoms with Crippen LogP contribution in [-0.2, 0) is 36.8 Å². The van der Waals surface area contributed by atoms with Gasteiger partial charge in [-0.3, -0.25) is 23.4 Å². The molecule has 0 bridgehead atoms. The standard InChI is InChI=1S/C15H22N2O18P2/c18-3-5(8(20)10(22)12(24)14(25)26)34-37(31,35-36(28,29)30)32-4-6-9(21)11(23)13(33-6)17-2-1-7(19)16-15(17)27/h1-3,5-6,8-13,20-24H,4H2,(H,25,26)(H,16,19,27)(H2,28,29,30)/t5-,6+,8+,9+,10+,11+,12-,13+,37?/m0/s1/i4+2. The zero-order valence-electron chi connectivity index (χ0n) is 18.1. The van der Waals surface area contributed by atoms with Crippen LogP contribution in [0.3, 0.4) is 0 Å². The van der Waals surface area contributed by atoms with Crippen molar-refractivity contribution in [1.82, 2.24) is 9.55 Å². The summed E-state index contributed by atoms with van der Waals surface area (Å²) in [6.07, 6.45) is -17.1. The predicted molar refractivity (Wildman–Crippen MR) is 111 cm³/mol. The van der Waals surface area contributed by atoms with Crippen LogP contribution in [0.25, 0.3) is 0 Å². The summed E-state index contributed by atoms with van der Waals surface area (Å²) in [6, 6.07) is 0.879. The Morgan fingerprint density at radius 2 is 1.78 bits per heavy atom. The highest BCUT2D eigenvalue weighted by atomic mass is 31.3. The topological polar surface area (TPSA) is 322 Å². The monoisotopic (exact) mass is 582 g/mol. The molecule has 1 fully saturated rings. The number of carbonyl (C=O) groups excluding carboxylic acids is 1. The van der Waals surface area contributed by atoms with E-state index in [0.29, 0.717) is 4.57 Å². The van der Waals surface area contributed by atoms with Gasteiger partial charge in [0.1, 0.15) is 30.5 Å². The summed E-state index contributed by atoms with van der Waals surface area (Å²) < 4.78 is 43.0. The maximum Gasteiger partial charge on any atom is 0.484 e. The van der Waals surface area contributed by atoms with Crippen molar-refractivity contribution < 1.29 is 77.2 Å². The van der Waals surface area contributed by atoms with Crippen molar-refractivity contribution in [3.63, 3.8) is 0 Å². The van der Waals surface area contributed by atoms with Crippen LogP contribution < -0.4 is 11.2 Å². The predicted octanol–water partition coefficient (Wildman–Crippen LogP) is -4.86. The number of hydrogen-bond donors (Lipinski definition) is 9. The molecule has 2 heterocycles. The van der Waals surface area contributed by atoms with Crippen molar-refractivity contribution >= 4 is 27.9 Å². The van der Waals surface area contributed by atoms with Crippen molar-refractivity contribution in [3.05, 3.63) is 33.1 Å². The minimum atomic E-state index is -5.75. The van der Waals surface area contributed by atoms with E-state index in [2.05, 4.69) is 13.4 Å². The van der Waals surface area contributed by atoms with Crippen LogP contribution in [0.5, 0.6) is 0 Å². The molecule has 1 aliphatic heterocycles. The molecular weight excluding hydrogens is 560 g/mol. The lowest BCUT2D eigenvalue weighted by molar-refractivity contribution is -0.163. The zero-order chi connectivity index (χ0) is 28.3. The molecular formula is C15H22N2O18P2. The second kappa shape index (κ2) is 12.1. The minimum absolute atomic E-state index is 0.398. The number of aliphatic hydroxyl groups excluding tert-OH is 5. The van der Waals surface area contributed by atoms with Gasteiger partial charge in [0.2, 0.25) is 0 Å². The molecule has 2 rings (SSSR count). The number of phosphoric acid groups is 2. The summed E-state index contributed by atoms with van der Waals surface area (Å²) in [6.45, 7) is -1.17. The van der Waals surface area contributed by atoms with E-state index in [9.17, 15) is 53.8 Å². The summed E-state index contributed by atoms with van der Waals surface area (Å²) in [5, 5.41) is 57.9. The van der Waals surface area contributed by atoms with Gasteiger partial charge in [-0.1, -0.05) is 0 Å². The van der Waals surface area contributed by atoms with Crippen molar-refractivity contribution in [2.24, 2.45) is 0 Å². The van der Waals surface area contributed by atoms with Crippen LogP contribution in [0.15, 0.2) is 21.9 Å². The number of aliphatic carboxylic acids is 1. The Kier molecular flexibility index (Phi) is 10.2. The van der Waals surface area contributed by atoms with E-state index < -0.39 is 94.7 Å². The summed E-state index contributed by atoms with van der Waals surface area (Å²) >= 11 is 0. The van der Waals surface area contributed by atoms with Crippen molar-refractivity contribution in [3.8, 4) is 0 Å². The van der Waals surface area contributed by atoms with Gasteiger partial charge in [-0.2, -0.15) is 4.31 Å². The molecule has 20 nitrogen and oxygen atoms in total. The molecule has 22 heteroatoms. The molecule has 0 aromatic carbocycles. The number of rotatable bonds is 13. The maximum atomic E-state index is 12.8. The third-order valence-corrected chi connectivity index (χ3v) is 7.33. The fourth-order valence-corrected chi connectivity index (χ4v) is 5.18. The SMILES string of the molecule is O=C[C@H](OP(=O)(O[14CH2][C@H]1O[C@@H](n2ccc(=O)[nH]c2=O)[C@H](O)[C@@H]1O)OP(=O)(O)O)[C@@H](O)[C@@H](O)[C@H](O)C(=O)O. The fraction of sp³-hybridized carbons (Fsp3) is 0.600. The molecule has 0 radical (unpaired) electrons. The molecule has 1 saturated heterocycles. The second-order valence-corrected chi connectivity index (χ2v) is 10.3. The van der Waals surface area contributed by atoms with E-state index in [0.717, 1.165) is 12.3 Å². The number of phosphoric ester groups is 1. The Balaban J connectivity index is 2.23. The van der Waals surface area contributed by atoms with Gasteiger partial charge in [0.05, 0.1) is 6.61 Å². The molecule has 0 saturated carbocycles. The van der Waals surface area contributed by atoms with Crippen LogP contribution in [0.4, 0.5) is 0 Å². The smallest absolute Gasteiger partial charge is 0.479 e. The van der Waals surface area contributed by atoms with Gasteiger partial charge in [-0.15, -0.1) is 0 Å². The van der Waals surface area contributed by atoms with Gasteiger partial charge in [0.15, 0.2) is 24.7 Å². The third-order valence-electron chi connectivity index (χ3n) is 4.71. The molecule has 1 aromatic heterocycles. The quantitative estimate of drug-likeness (QED) is 0.0777. The van der Waals surface area contributed by atoms with Gasteiger partial charge in [-0.05, 0) is 0 Å². The van der Waals surface area contributed by atoms with E-state index in [1.54, 1.807) is 0 Å². The molecule has 37 heavy (non-hydrogen) atoms. The van der Waals surface area contributed by atoms with Crippen molar-refractivity contribution in [2.45, 2.75) is 49.0 Å². The zero-order valence-corrected chi connectivity index (χ0v) is 19.8. The van der Waals surface area contributed by atoms with Crippen LogP contribution in [0, 0.1) is 0 Å². The number of carboxylic acids is 1. The third kappa shape index (κ3) is 7.91. The Hall–Kier alpha value is -2.16. The van der Waals surface area contributed by atoms with Gasteiger partial charge in [0.25, 0.3) is 5.56 Å². The number of carboxylic acid groups (broad SMARTS) is 1. The van der Waals surface area contributed by atoms with Gasteiger partial charge < -0.3 is 50.0 Å². The molecule has 0 amide bonds. The number of H-pyrrole nitrogens is 1. The largest absolute Gasteiger partial charge is 0.484 e. The number of aromatic nitrogens is 2. The van der Waals surface area contributed by atoms with E-state index in [1.165, 1.54) is 0 Å². The Bertz CT molecular complexity index is 1180. The van der Waals surface area contributed by atoms with Crippen LogP contribution >= 0.6 is 15.6 Å². The Morgan fingerprint density at radius 1 is 1.16 bits per heavy atom. The van der Waals surface area contributed by atoms with Crippen LogP contribution in [-0.4, -0.2) is 112 Å². The number of ether oxygens (including phenoxy) is 1. The summed E-state index contributed by atoms with van der Waals surface area (Å²) in [4.78, 5) is 65.1. The first-order chi connectivity index (χ1) is 17.0. The summed E-state index contributed by atoms with van der Waals surface area (Å²) in [7, 11) is -11.4. The number of aldehydes is 1. The number of nitrogens with zero attached hydrogens (tertiary/aromatic N) is 1. The molecule has 210 valence electrons. The Labute approximate surface area is 204 Å². The summed E-state index contributed by atoms with van der Waals surface area (Å²) in [5.74, 6) is -2.05. The molecule has 1 aliphatic rings. The molecule has 9 N–H and O–H groups in total. The van der Waals surface area contributed by atoms with Gasteiger partial charge >= 0.3 is 27.3 Å². The van der Waals surface area contributed by atoms with E-state index >= 15 is 0 Å². The van der Waals surface area contributed by atoms with Crippen LogP contribution in [0.2, 0.25) is 0 Å². The Morgan fingerprint density at radius 3 is 2.30 bits per heavy atom. The first kappa shape index (κ1) is 31.1. The highest BCUT2D eigenvalue weighted by Gasteiger charge is 2.48. The number of aromatic amines is 1.